The highest BCUT2D eigenvalue weighted by Crippen LogP contribution is 2.48. The smallest absolute Gasteiger partial charge is 0.318 e. The van der Waals surface area contributed by atoms with E-state index in [1.165, 1.54) is 0 Å². The third-order valence-corrected chi connectivity index (χ3v) is 5.18. The van der Waals surface area contributed by atoms with Gasteiger partial charge in [-0.2, -0.15) is 0 Å². The average molecular weight is 498 g/mol. The number of carbonyl (C=O) groups is 2. The van der Waals surface area contributed by atoms with Crippen molar-refractivity contribution >= 4 is 43.8 Å². The Morgan fingerprint density at radius 3 is 2.52 bits per heavy atom. The van der Waals surface area contributed by atoms with E-state index >= 15 is 0 Å². The molecule has 0 aromatic carbocycles. The predicted octanol–water partition coefficient (Wildman–Crippen LogP) is 3.88. The Hall–Kier alpha value is -1.80. The van der Waals surface area contributed by atoms with Crippen LogP contribution < -0.4 is 0 Å². The lowest BCUT2D eigenvalue weighted by atomic mass is 10.0. The fourth-order valence-electron chi connectivity index (χ4n) is 2.77. The van der Waals surface area contributed by atoms with Crippen molar-refractivity contribution < 1.29 is 19.1 Å². The van der Waals surface area contributed by atoms with Gasteiger partial charge in [-0.25, -0.2) is 0 Å². The van der Waals surface area contributed by atoms with Gasteiger partial charge in [0.05, 0.1) is 30.1 Å². The summed E-state index contributed by atoms with van der Waals surface area (Å²) < 4.78 is 12.1. The van der Waals surface area contributed by atoms with Crippen molar-refractivity contribution in [3.05, 3.63) is 56.5 Å². The molecular weight excluding hydrogens is 480 g/mol. The van der Waals surface area contributed by atoms with Crippen LogP contribution in [0.15, 0.2) is 39.4 Å². The minimum Gasteiger partial charge on any atom is -0.466 e. The van der Waals surface area contributed by atoms with Crippen LogP contribution in [-0.2, 0) is 37.5 Å². The maximum absolute atomic E-state index is 12.7. The fraction of sp³-hybridized carbons (Fsp3) is 0.368. The van der Waals surface area contributed by atoms with Crippen LogP contribution in [-0.4, -0.2) is 28.5 Å². The van der Waals surface area contributed by atoms with E-state index in [0.29, 0.717) is 23.7 Å². The van der Waals surface area contributed by atoms with Gasteiger partial charge in [-0.05, 0) is 44.0 Å². The van der Waals surface area contributed by atoms with E-state index in [1.54, 1.807) is 25.3 Å². The summed E-state index contributed by atoms with van der Waals surface area (Å²) in [7, 11) is 0. The maximum Gasteiger partial charge on any atom is 0.318 e. The molecule has 0 radical (unpaired) electrons. The maximum atomic E-state index is 12.7. The van der Waals surface area contributed by atoms with Crippen molar-refractivity contribution in [3.8, 4) is 0 Å². The Kier molecular flexibility index (Phi) is 6.26. The van der Waals surface area contributed by atoms with Crippen LogP contribution in [0.3, 0.4) is 0 Å². The van der Waals surface area contributed by atoms with Crippen molar-refractivity contribution in [1.29, 1.82) is 0 Å². The normalized spacial score (nSPS) is 14.5. The molecule has 3 rings (SSSR count). The number of hydrogen-bond donors (Lipinski definition) is 0. The fourth-order valence-corrected chi connectivity index (χ4v) is 3.63. The van der Waals surface area contributed by atoms with E-state index in [9.17, 15) is 9.59 Å². The lowest BCUT2D eigenvalue weighted by molar-refractivity contribution is -0.148. The predicted molar refractivity (Wildman–Crippen MR) is 105 cm³/mol. The molecular formula is C19H18Br2N2O4. The van der Waals surface area contributed by atoms with Gasteiger partial charge in [0.2, 0.25) is 0 Å². The van der Waals surface area contributed by atoms with E-state index in [-0.39, 0.29) is 25.0 Å². The molecule has 27 heavy (non-hydrogen) atoms. The Bertz CT molecular complexity index is 869. The van der Waals surface area contributed by atoms with Crippen molar-refractivity contribution in [2.24, 2.45) is 0 Å². The summed E-state index contributed by atoms with van der Waals surface area (Å²) in [6.07, 6.45) is 3.18. The Balaban J connectivity index is 1.67. The van der Waals surface area contributed by atoms with E-state index in [0.717, 1.165) is 21.8 Å². The lowest BCUT2D eigenvalue weighted by Gasteiger charge is -2.14. The van der Waals surface area contributed by atoms with Crippen LogP contribution in [0, 0.1) is 0 Å². The van der Waals surface area contributed by atoms with E-state index in [2.05, 4.69) is 41.8 Å². The molecule has 2 aromatic heterocycles. The van der Waals surface area contributed by atoms with Gasteiger partial charge in [-0.1, -0.05) is 31.9 Å². The Morgan fingerprint density at radius 1 is 1.11 bits per heavy atom. The molecule has 0 unspecified atom stereocenters. The van der Waals surface area contributed by atoms with Gasteiger partial charge < -0.3 is 9.47 Å². The second-order valence-corrected chi connectivity index (χ2v) is 8.10. The topological polar surface area (TPSA) is 78.4 Å². The van der Waals surface area contributed by atoms with Gasteiger partial charge in [-0.3, -0.25) is 19.6 Å². The zero-order valence-corrected chi connectivity index (χ0v) is 17.9. The number of pyridine rings is 2. The Labute approximate surface area is 173 Å². The zero-order chi connectivity index (χ0) is 19.4. The second kappa shape index (κ2) is 8.48. The monoisotopic (exact) mass is 496 g/mol. The van der Waals surface area contributed by atoms with Gasteiger partial charge in [0.15, 0.2) is 0 Å². The van der Waals surface area contributed by atoms with Crippen LogP contribution in [0.1, 0.15) is 36.8 Å². The molecule has 0 amide bonds. The molecule has 1 aliphatic rings. The zero-order valence-electron chi connectivity index (χ0n) is 14.7. The average Bonchev–Trinajstić information content (AvgIpc) is 3.41. The number of hydrogen-bond acceptors (Lipinski definition) is 6. The van der Waals surface area contributed by atoms with Gasteiger partial charge >= 0.3 is 11.9 Å². The van der Waals surface area contributed by atoms with Crippen molar-refractivity contribution in [2.75, 3.05) is 6.61 Å². The summed E-state index contributed by atoms with van der Waals surface area (Å²) >= 11 is 6.81. The summed E-state index contributed by atoms with van der Waals surface area (Å²) in [5.41, 5.74) is 1.18. The molecule has 142 valence electrons. The first kappa shape index (κ1) is 19.9. The minimum absolute atomic E-state index is 0.0316. The lowest BCUT2D eigenvalue weighted by Crippen LogP contribution is -2.24. The number of ether oxygens (including phenoxy) is 2. The quantitative estimate of drug-likeness (QED) is 0.540. The number of nitrogens with zero attached hydrogens (tertiary/aromatic N) is 2. The highest BCUT2D eigenvalue weighted by atomic mass is 79.9. The van der Waals surface area contributed by atoms with E-state index < -0.39 is 5.41 Å². The molecule has 2 aromatic rings. The van der Waals surface area contributed by atoms with Gasteiger partial charge in [0.1, 0.15) is 12.0 Å². The first-order valence-corrected chi connectivity index (χ1v) is 10.1. The number of carbonyl (C=O) groups excluding carboxylic acids is 2. The van der Waals surface area contributed by atoms with Crippen LogP contribution in [0.25, 0.3) is 0 Å². The highest BCUT2D eigenvalue weighted by molar-refractivity contribution is 9.10. The van der Waals surface area contributed by atoms with Crippen LogP contribution in [0.5, 0.6) is 0 Å². The second-order valence-electron chi connectivity index (χ2n) is 6.27. The molecule has 0 spiro atoms. The van der Waals surface area contributed by atoms with E-state index in [1.807, 2.05) is 12.1 Å². The summed E-state index contributed by atoms with van der Waals surface area (Å²) in [6, 6.07) is 7.18. The van der Waals surface area contributed by atoms with Gasteiger partial charge in [0.25, 0.3) is 0 Å². The van der Waals surface area contributed by atoms with Gasteiger partial charge in [-0.15, -0.1) is 0 Å². The summed E-state index contributed by atoms with van der Waals surface area (Å²) in [4.78, 5) is 33.0. The molecule has 1 saturated carbocycles. The number of aromatic nitrogens is 2. The van der Waals surface area contributed by atoms with Gasteiger partial charge in [0, 0.05) is 15.1 Å². The first-order chi connectivity index (χ1) is 12.9. The van der Waals surface area contributed by atoms with Crippen molar-refractivity contribution in [3.63, 3.8) is 0 Å². The Morgan fingerprint density at radius 2 is 1.85 bits per heavy atom. The molecule has 0 saturated heterocycles. The SMILES string of the molecule is CCOC(=O)Cc1cc(Br)cc(COC(=O)C2(c3cc(Br)ccn3)CC2)n1. The van der Waals surface area contributed by atoms with Crippen molar-refractivity contribution in [1.82, 2.24) is 9.97 Å². The first-order valence-electron chi connectivity index (χ1n) is 8.53. The minimum atomic E-state index is -0.663. The molecule has 1 aliphatic carbocycles. The molecule has 8 heteroatoms. The number of rotatable bonds is 7. The van der Waals surface area contributed by atoms with E-state index in [4.69, 9.17) is 9.47 Å². The third-order valence-electron chi connectivity index (χ3n) is 4.23. The molecule has 1 fully saturated rings. The summed E-state index contributed by atoms with van der Waals surface area (Å²) in [5.74, 6) is -0.648. The summed E-state index contributed by atoms with van der Waals surface area (Å²) in [5, 5.41) is 0. The highest BCUT2D eigenvalue weighted by Gasteiger charge is 2.54. The standard InChI is InChI=1S/C19H18Br2N2O4/c1-2-26-17(24)10-14-7-13(21)8-15(23-14)11-27-18(25)19(4-5-19)16-9-12(20)3-6-22-16/h3,6-9H,2,4-5,10-11H2,1H3. The van der Waals surface area contributed by atoms with Crippen LogP contribution in [0.4, 0.5) is 0 Å². The third kappa shape index (κ3) is 4.93. The molecule has 0 atom stereocenters. The van der Waals surface area contributed by atoms with Crippen molar-refractivity contribution in [2.45, 2.75) is 38.2 Å². The molecule has 0 aliphatic heterocycles. The number of halogens is 2. The molecule has 2 heterocycles. The molecule has 6 nitrogen and oxygen atoms in total. The van der Waals surface area contributed by atoms with Crippen LogP contribution in [0.2, 0.25) is 0 Å². The molecule has 0 bridgehead atoms. The molecule has 0 N–H and O–H groups in total. The summed E-state index contributed by atoms with van der Waals surface area (Å²) in [6.45, 7) is 2.11. The number of esters is 2. The largest absolute Gasteiger partial charge is 0.466 e. The van der Waals surface area contributed by atoms with Crippen LogP contribution >= 0.6 is 31.9 Å².